The van der Waals surface area contributed by atoms with Gasteiger partial charge in [-0.25, -0.2) is 4.79 Å². The fourth-order valence-electron chi connectivity index (χ4n) is 1.52. The normalized spacial score (nSPS) is 11.8. The van der Waals surface area contributed by atoms with E-state index in [0.29, 0.717) is 21.2 Å². The van der Waals surface area contributed by atoms with Gasteiger partial charge in [0.15, 0.2) is 0 Å². The lowest BCUT2D eigenvalue weighted by molar-refractivity contribution is -0.133. The van der Waals surface area contributed by atoms with Gasteiger partial charge in [-0.15, -0.1) is 0 Å². The quantitative estimate of drug-likeness (QED) is 0.805. The van der Waals surface area contributed by atoms with Crippen molar-refractivity contribution in [2.45, 2.75) is 19.4 Å². The molecule has 0 atom stereocenters. The van der Waals surface area contributed by atoms with E-state index in [0.717, 1.165) is 0 Å². The molecule has 0 unspecified atom stereocenters. The van der Waals surface area contributed by atoms with E-state index in [1.807, 2.05) is 0 Å². The summed E-state index contributed by atoms with van der Waals surface area (Å²) in [5.41, 5.74) is 0.639. The Bertz CT molecular complexity index is 687. The molecule has 0 aliphatic rings. The summed E-state index contributed by atoms with van der Waals surface area (Å²) in [5.74, 6) is -0.270. The van der Waals surface area contributed by atoms with Gasteiger partial charge >= 0.3 is 5.69 Å². The first-order chi connectivity index (χ1) is 8.83. The summed E-state index contributed by atoms with van der Waals surface area (Å²) in [5, 5.41) is 2.76. The maximum atomic E-state index is 12.0. The number of amides is 1. The van der Waals surface area contributed by atoms with Crippen molar-refractivity contribution >= 4 is 38.6 Å². The Morgan fingerprint density at radius 1 is 1.32 bits per heavy atom. The summed E-state index contributed by atoms with van der Waals surface area (Å²) < 4.78 is 5.79. The van der Waals surface area contributed by atoms with E-state index in [9.17, 15) is 9.59 Å². The topological polar surface area (TPSA) is 87.0 Å². The third kappa shape index (κ3) is 2.71. The summed E-state index contributed by atoms with van der Waals surface area (Å²) in [6.45, 7) is 3.35. The van der Waals surface area contributed by atoms with Gasteiger partial charge in [0.1, 0.15) is 5.60 Å². The average Bonchev–Trinajstić information content (AvgIpc) is 2.68. The number of aromatic amines is 2. The zero-order chi connectivity index (χ0) is 14.2. The molecule has 0 saturated carbocycles. The third-order valence-corrected chi connectivity index (χ3v) is 3.57. The smallest absolute Gasteiger partial charge is 0.323 e. The van der Waals surface area contributed by atoms with E-state index in [1.54, 1.807) is 26.0 Å². The minimum atomic E-state index is -0.931. The summed E-state index contributed by atoms with van der Waals surface area (Å²) in [7, 11) is 1.47. The number of nitrogens with one attached hydrogen (secondary N) is 3. The van der Waals surface area contributed by atoms with Crippen LogP contribution in [0.5, 0.6) is 0 Å². The molecule has 1 aromatic carbocycles. The zero-order valence-electron chi connectivity index (χ0n) is 10.8. The molecule has 0 aliphatic heterocycles. The Labute approximate surface area is 117 Å². The number of halogens is 1. The number of imidazole rings is 1. The molecule has 7 heteroatoms. The molecule has 3 N–H and O–H groups in total. The molecule has 0 saturated heterocycles. The van der Waals surface area contributed by atoms with E-state index in [1.165, 1.54) is 7.11 Å². The maximum absolute atomic E-state index is 12.0. The van der Waals surface area contributed by atoms with Crippen LogP contribution in [0.1, 0.15) is 13.8 Å². The molecule has 2 aromatic rings. The van der Waals surface area contributed by atoms with E-state index in [4.69, 9.17) is 4.74 Å². The molecule has 19 heavy (non-hydrogen) atoms. The molecule has 1 heterocycles. The monoisotopic (exact) mass is 327 g/mol. The molecule has 0 spiro atoms. The first-order valence-electron chi connectivity index (χ1n) is 5.61. The van der Waals surface area contributed by atoms with Crippen LogP contribution in [0.3, 0.4) is 0 Å². The zero-order valence-corrected chi connectivity index (χ0v) is 12.3. The SMILES string of the molecule is COC(C)(C)C(=O)Nc1cc2[nH]c(=O)[nH]c2cc1Br. The van der Waals surface area contributed by atoms with Crippen LogP contribution in [-0.2, 0) is 9.53 Å². The van der Waals surface area contributed by atoms with E-state index in [-0.39, 0.29) is 11.6 Å². The second kappa shape index (κ2) is 4.82. The number of aromatic nitrogens is 2. The largest absolute Gasteiger partial charge is 0.369 e. The number of methoxy groups -OCH3 is 1. The highest BCUT2D eigenvalue weighted by Crippen LogP contribution is 2.27. The number of hydrogen-bond acceptors (Lipinski definition) is 3. The summed E-state index contributed by atoms with van der Waals surface area (Å²) in [6.07, 6.45) is 0. The summed E-state index contributed by atoms with van der Waals surface area (Å²) in [4.78, 5) is 28.5. The Balaban J connectivity index is 2.37. The Kier molecular flexibility index (Phi) is 3.51. The number of fused-ring (bicyclic) bond motifs is 1. The molecule has 6 nitrogen and oxygen atoms in total. The lowest BCUT2D eigenvalue weighted by Crippen LogP contribution is -2.38. The van der Waals surface area contributed by atoms with Crippen LogP contribution < -0.4 is 11.0 Å². The predicted octanol–water partition coefficient (Wildman–Crippen LogP) is 1.98. The number of benzene rings is 1. The molecule has 0 aliphatic carbocycles. The Hall–Kier alpha value is -1.60. The molecule has 0 bridgehead atoms. The lowest BCUT2D eigenvalue weighted by atomic mass is 10.1. The van der Waals surface area contributed by atoms with Crippen LogP contribution in [0.4, 0.5) is 5.69 Å². The second-order valence-corrected chi connectivity index (χ2v) is 5.48. The Morgan fingerprint density at radius 2 is 1.89 bits per heavy atom. The number of ether oxygens (including phenoxy) is 1. The fraction of sp³-hybridized carbons (Fsp3) is 0.333. The summed E-state index contributed by atoms with van der Waals surface area (Å²) >= 11 is 3.35. The highest BCUT2D eigenvalue weighted by Gasteiger charge is 2.27. The van der Waals surface area contributed by atoms with Crippen LogP contribution in [0.25, 0.3) is 11.0 Å². The van der Waals surface area contributed by atoms with Gasteiger partial charge in [-0.1, -0.05) is 0 Å². The van der Waals surface area contributed by atoms with Crippen molar-refractivity contribution in [3.8, 4) is 0 Å². The van der Waals surface area contributed by atoms with Gasteiger partial charge in [0.2, 0.25) is 0 Å². The van der Waals surface area contributed by atoms with E-state index >= 15 is 0 Å². The van der Waals surface area contributed by atoms with Crippen molar-refractivity contribution in [1.29, 1.82) is 0 Å². The highest BCUT2D eigenvalue weighted by atomic mass is 79.9. The van der Waals surface area contributed by atoms with Crippen LogP contribution in [0, 0.1) is 0 Å². The van der Waals surface area contributed by atoms with Crippen molar-refractivity contribution in [2.24, 2.45) is 0 Å². The molecular formula is C12H14BrN3O3. The number of carbonyl (C=O) groups excluding carboxylic acids is 1. The van der Waals surface area contributed by atoms with E-state index in [2.05, 4.69) is 31.2 Å². The van der Waals surface area contributed by atoms with Gasteiger partial charge < -0.3 is 20.0 Å². The van der Waals surface area contributed by atoms with Gasteiger partial charge in [-0.2, -0.15) is 0 Å². The van der Waals surface area contributed by atoms with Gasteiger partial charge in [-0.3, -0.25) is 4.79 Å². The first-order valence-corrected chi connectivity index (χ1v) is 6.41. The molecule has 2 rings (SSSR count). The number of anilines is 1. The number of H-pyrrole nitrogens is 2. The van der Waals surface area contributed by atoms with Crippen LogP contribution in [0.15, 0.2) is 21.4 Å². The van der Waals surface area contributed by atoms with Gasteiger partial charge in [0.05, 0.1) is 16.7 Å². The molecule has 1 amide bonds. The fourth-order valence-corrected chi connectivity index (χ4v) is 1.96. The minimum Gasteiger partial charge on any atom is -0.369 e. The van der Waals surface area contributed by atoms with Crippen LogP contribution in [0.2, 0.25) is 0 Å². The van der Waals surface area contributed by atoms with Gasteiger partial charge in [-0.05, 0) is 41.9 Å². The second-order valence-electron chi connectivity index (χ2n) is 4.63. The minimum absolute atomic E-state index is 0.270. The predicted molar refractivity (Wildman–Crippen MR) is 76.3 cm³/mol. The average molecular weight is 328 g/mol. The molecule has 1 aromatic heterocycles. The van der Waals surface area contributed by atoms with Crippen LogP contribution >= 0.6 is 15.9 Å². The summed E-state index contributed by atoms with van der Waals surface area (Å²) in [6, 6.07) is 3.41. The van der Waals surface area contributed by atoms with Gasteiger partial charge in [0.25, 0.3) is 5.91 Å². The molecule has 102 valence electrons. The number of hydrogen-bond donors (Lipinski definition) is 3. The van der Waals surface area contributed by atoms with Crippen molar-refractivity contribution in [3.05, 3.63) is 27.1 Å². The molecule has 0 fully saturated rings. The third-order valence-electron chi connectivity index (χ3n) is 2.91. The molecular weight excluding hydrogens is 314 g/mol. The van der Waals surface area contributed by atoms with Crippen molar-refractivity contribution < 1.29 is 9.53 Å². The van der Waals surface area contributed by atoms with E-state index < -0.39 is 5.60 Å². The standard InChI is InChI=1S/C12H14BrN3O3/c1-12(2,19-3)10(17)14-7-5-9-8(4-6(7)13)15-11(18)16-9/h4-5H,1-3H3,(H,14,17)(H2,15,16,18). The van der Waals surface area contributed by atoms with Crippen molar-refractivity contribution in [2.75, 3.05) is 12.4 Å². The van der Waals surface area contributed by atoms with Crippen molar-refractivity contribution in [1.82, 2.24) is 9.97 Å². The maximum Gasteiger partial charge on any atom is 0.323 e. The number of rotatable bonds is 3. The highest BCUT2D eigenvalue weighted by molar-refractivity contribution is 9.10. The molecule has 0 radical (unpaired) electrons. The Morgan fingerprint density at radius 3 is 2.47 bits per heavy atom. The first kappa shape index (κ1) is 13.8. The van der Waals surface area contributed by atoms with Crippen molar-refractivity contribution in [3.63, 3.8) is 0 Å². The lowest BCUT2D eigenvalue weighted by Gasteiger charge is -2.22. The number of carbonyl (C=O) groups is 1. The van der Waals surface area contributed by atoms with Crippen LogP contribution in [-0.4, -0.2) is 28.6 Å². The van der Waals surface area contributed by atoms with Gasteiger partial charge in [0, 0.05) is 11.6 Å².